The zero-order chi connectivity index (χ0) is 15.9. The molecule has 0 aliphatic heterocycles. The Kier molecular flexibility index (Phi) is 6.18. The van der Waals surface area contributed by atoms with Gasteiger partial charge in [-0.25, -0.2) is 8.88 Å². The van der Waals surface area contributed by atoms with E-state index in [0.717, 1.165) is 0 Å². The second-order valence-electron chi connectivity index (χ2n) is 4.33. The van der Waals surface area contributed by atoms with Gasteiger partial charge in [0.05, 0.1) is 0 Å². The maximum Gasteiger partial charge on any atom is 0.476 e. The van der Waals surface area contributed by atoms with Crippen molar-refractivity contribution in [3.63, 3.8) is 0 Å². The summed E-state index contributed by atoms with van der Waals surface area (Å²) in [6.45, 7) is 4.27. The minimum atomic E-state index is -5.47. The number of hydrogen-bond acceptors (Lipinski definition) is 5. The maximum absolute atomic E-state index is 12.3. The fourth-order valence-electron chi connectivity index (χ4n) is 0.781. The van der Waals surface area contributed by atoms with Crippen molar-refractivity contribution < 1.29 is 41.8 Å². The Morgan fingerprint density at radius 1 is 1.00 bits per heavy atom. The number of rotatable bonds is 6. The molecule has 0 heterocycles. The largest absolute Gasteiger partial charge is 0.476 e. The molecule has 0 radical (unpaired) electrons. The Labute approximate surface area is 120 Å². The van der Waals surface area contributed by atoms with Crippen LogP contribution >= 0.6 is 46.2 Å². The van der Waals surface area contributed by atoms with Gasteiger partial charge in [-0.15, -0.1) is 0 Å². The van der Waals surface area contributed by atoms with Crippen LogP contribution in [0.25, 0.3) is 0 Å². The van der Waals surface area contributed by atoms with Crippen molar-refractivity contribution >= 4 is 54.5 Å². The van der Waals surface area contributed by atoms with Crippen LogP contribution in [0.1, 0.15) is 0 Å². The molecule has 116 valence electrons. The summed E-state index contributed by atoms with van der Waals surface area (Å²) in [5, 5.41) is 0. The van der Waals surface area contributed by atoms with Crippen LogP contribution in [0.3, 0.4) is 0 Å². The zero-order valence-electron chi connectivity index (χ0n) is 9.93. The van der Waals surface area contributed by atoms with Crippen LogP contribution in [0.5, 0.6) is 0 Å². The van der Waals surface area contributed by atoms with Gasteiger partial charge in [0.15, 0.2) is 8.32 Å². The second kappa shape index (κ2) is 5.80. The third-order valence-corrected chi connectivity index (χ3v) is 11.6. The van der Waals surface area contributed by atoms with Crippen molar-refractivity contribution in [3.8, 4) is 0 Å². The summed E-state index contributed by atoms with van der Waals surface area (Å²) in [7, 11) is -18.9. The van der Waals surface area contributed by atoms with Crippen LogP contribution in [0.4, 0.5) is 0 Å². The minimum Gasteiger partial charge on any atom is -0.348 e. The normalized spacial score (nSPS) is 18.2. The van der Waals surface area contributed by atoms with Gasteiger partial charge < -0.3 is 23.8 Å². The molecule has 0 aromatic rings. The Balaban J connectivity index is 5.87. The highest BCUT2D eigenvalue weighted by Crippen LogP contribution is 2.81. The minimum absolute atomic E-state index is 1.42. The molecule has 1 atom stereocenters. The van der Waals surface area contributed by atoms with Crippen LogP contribution in [-0.4, -0.2) is 31.7 Å². The molecule has 1 unspecified atom stereocenters. The molecular weight excluding hydrogens is 384 g/mol. The molecule has 0 bridgehead atoms. The SMILES string of the molecule is C[Si](C)(C)OP(=O)(OP(=O)(O)O)C(Cl)(Cl)P(=O)(O)O. The number of halogens is 2. The highest BCUT2D eigenvalue weighted by molar-refractivity contribution is 7.82. The van der Waals surface area contributed by atoms with E-state index in [0.29, 0.717) is 0 Å². The molecule has 4 N–H and O–H groups in total. The van der Waals surface area contributed by atoms with Crippen LogP contribution in [-0.2, 0) is 22.2 Å². The van der Waals surface area contributed by atoms with E-state index < -0.39 is 35.1 Å². The fraction of sp³-hybridized carbons (Fsp3) is 1.00. The molecule has 0 rings (SSSR count). The first kappa shape index (κ1) is 20.2. The first-order valence-corrected chi connectivity index (χ1v) is 13.3. The Bertz CT molecular complexity index is 474. The van der Waals surface area contributed by atoms with E-state index in [1.165, 1.54) is 19.6 Å². The molecule has 0 saturated heterocycles. The van der Waals surface area contributed by atoms with Gasteiger partial charge in [-0.2, -0.15) is 0 Å². The highest BCUT2D eigenvalue weighted by Gasteiger charge is 2.64. The number of hydrogen-bond donors (Lipinski definition) is 4. The first-order chi connectivity index (χ1) is 7.91. The summed E-state index contributed by atoms with van der Waals surface area (Å²) in [6, 6.07) is 0. The van der Waals surface area contributed by atoms with Gasteiger partial charge >= 0.3 is 26.8 Å². The second-order valence-corrected chi connectivity index (χ2v) is 17.1. The summed E-state index contributed by atoms with van der Waals surface area (Å²) < 4.78 is 39.4. The van der Waals surface area contributed by atoms with E-state index in [1.807, 2.05) is 0 Å². The number of phosphoric acid groups is 1. The molecular formula is C4H13Cl2O9P3Si. The predicted octanol–water partition coefficient (Wildman–Crippen LogP) is 2.41. The third kappa shape index (κ3) is 5.86. The molecule has 0 aromatic carbocycles. The zero-order valence-corrected chi connectivity index (χ0v) is 15.1. The Morgan fingerprint density at radius 3 is 1.58 bits per heavy atom. The summed E-state index contributed by atoms with van der Waals surface area (Å²) >= 11 is 10.6. The molecule has 0 saturated carbocycles. The first-order valence-electron chi connectivity index (χ1n) is 4.42. The van der Waals surface area contributed by atoms with Gasteiger partial charge in [-0.05, 0) is 19.6 Å². The van der Waals surface area contributed by atoms with Gasteiger partial charge in [0, 0.05) is 0 Å². The van der Waals surface area contributed by atoms with Crippen LogP contribution in [0.15, 0.2) is 0 Å². The molecule has 0 aromatic heterocycles. The van der Waals surface area contributed by atoms with Gasteiger partial charge in [0.1, 0.15) is 0 Å². The lowest BCUT2D eigenvalue weighted by atomic mass is 11.8. The summed E-state index contributed by atoms with van der Waals surface area (Å²) in [6.07, 6.45) is 0. The van der Waals surface area contributed by atoms with Crippen molar-refractivity contribution in [1.29, 1.82) is 0 Å². The van der Waals surface area contributed by atoms with Crippen molar-refractivity contribution in [3.05, 3.63) is 0 Å². The average Bonchev–Trinajstić information content (AvgIpc) is 1.92. The Hall–Kier alpha value is 1.25. The van der Waals surface area contributed by atoms with Crippen molar-refractivity contribution in [2.75, 3.05) is 0 Å². The molecule has 9 nitrogen and oxygen atoms in total. The van der Waals surface area contributed by atoms with E-state index >= 15 is 0 Å². The summed E-state index contributed by atoms with van der Waals surface area (Å²) in [5.41, 5.74) is 0. The van der Waals surface area contributed by atoms with Crippen molar-refractivity contribution in [1.82, 2.24) is 0 Å². The van der Waals surface area contributed by atoms with E-state index in [2.05, 4.69) is 4.31 Å². The van der Waals surface area contributed by atoms with Crippen LogP contribution < -0.4 is 0 Å². The van der Waals surface area contributed by atoms with Crippen LogP contribution in [0, 0.1) is 0 Å². The smallest absolute Gasteiger partial charge is 0.348 e. The van der Waals surface area contributed by atoms with E-state index in [-0.39, 0.29) is 0 Å². The number of alkyl halides is 2. The fourth-order valence-corrected chi connectivity index (χ4v) is 9.20. The highest BCUT2D eigenvalue weighted by atomic mass is 35.5. The molecule has 0 amide bonds. The van der Waals surface area contributed by atoms with Crippen LogP contribution in [0.2, 0.25) is 19.6 Å². The van der Waals surface area contributed by atoms with Crippen molar-refractivity contribution in [2.45, 2.75) is 23.5 Å². The molecule has 19 heavy (non-hydrogen) atoms. The van der Waals surface area contributed by atoms with Gasteiger partial charge in [0.2, 0.25) is 0 Å². The topological polar surface area (TPSA) is 151 Å². The molecule has 0 fully saturated rings. The monoisotopic (exact) mass is 396 g/mol. The van der Waals surface area contributed by atoms with Gasteiger partial charge in [-0.3, -0.25) is 9.13 Å². The standard InChI is InChI=1S/C4H13Cl2O9P3Si/c1-19(2,3)15-17(10,14-18(11,12)13)4(5,6)16(7,8)9/h1-3H3,(H2,7,8,9)(H2,11,12,13). The Morgan fingerprint density at radius 2 is 1.37 bits per heavy atom. The summed E-state index contributed by atoms with van der Waals surface area (Å²) in [4.78, 5) is 35.2. The van der Waals surface area contributed by atoms with Crippen molar-refractivity contribution in [2.24, 2.45) is 0 Å². The molecule has 15 heteroatoms. The molecule has 0 aliphatic rings. The molecule has 0 aliphatic carbocycles. The van der Waals surface area contributed by atoms with E-state index in [1.54, 1.807) is 0 Å². The lowest BCUT2D eigenvalue weighted by molar-refractivity contribution is 0.263. The van der Waals surface area contributed by atoms with E-state index in [4.69, 9.17) is 47.0 Å². The van der Waals surface area contributed by atoms with Gasteiger partial charge in [0.25, 0.3) is 0 Å². The lowest BCUT2D eigenvalue weighted by Crippen LogP contribution is -2.29. The average molecular weight is 397 g/mol. The lowest BCUT2D eigenvalue weighted by Gasteiger charge is -2.33. The predicted molar refractivity (Wildman–Crippen MR) is 71.6 cm³/mol. The quantitative estimate of drug-likeness (QED) is 0.301. The maximum atomic E-state index is 12.3. The molecule has 0 spiro atoms. The van der Waals surface area contributed by atoms with Gasteiger partial charge in [-0.1, -0.05) is 23.2 Å². The third-order valence-electron chi connectivity index (χ3n) is 1.29. The van der Waals surface area contributed by atoms with E-state index in [9.17, 15) is 13.7 Å². The summed E-state index contributed by atoms with van der Waals surface area (Å²) in [5.74, 6) is 0.